The highest BCUT2D eigenvalue weighted by molar-refractivity contribution is 5.75. The summed E-state index contributed by atoms with van der Waals surface area (Å²) in [5.74, 6) is 0. The van der Waals surface area contributed by atoms with E-state index in [0.29, 0.717) is 6.54 Å². The molecule has 1 saturated heterocycles. The van der Waals surface area contributed by atoms with E-state index in [1.807, 2.05) is 24.5 Å². The number of hydrogen-bond acceptors (Lipinski definition) is 3. The van der Waals surface area contributed by atoms with Crippen LogP contribution in [-0.2, 0) is 17.8 Å². The van der Waals surface area contributed by atoms with Gasteiger partial charge < -0.3 is 19.9 Å². The van der Waals surface area contributed by atoms with E-state index in [0.717, 1.165) is 49.2 Å². The van der Waals surface area contributed by atoms with E-state index in [1.54, 1.807) is 0 Å². The van der Waals surface area contributed by atoms with E-state index < -0.39 is 0 Å². The number of aromatic nitrogens is 2. The van der Waals surface area contributed by atoms with E-state index in [2.05, 4.69) is 50.5 Å². The zero-order valence-corrected chi connectivity index (χ0v) is 15.2. The topological polar surface area (TPSA) is 68.2 Å². The fraction of sp³-hybridized carbons (Fsp3) is 0.333. The highest BCUT2D eigenvalue weighted by Gasteiger charge is 2.15. The lowest BCUT2D eigenvalue weighted by atomic mass is 10.1. The van der Waals surface area contributed by atoms with E-state index in [-0.39, 0.29) is 12.1 Å². The maximum Gasteiger partial charge on any atom is 0.315 e. The first-order valence-corrected chi connectivity index (χ1v) is 9.38. The molecule has 4 rings (SSSR count). The zero-order valence-electron chi connectivity index (χ0n) is 15.2. The third-order valence-electron chi connectivity index (χ3n) is 4.91. The van der Waals surface area contributed by atoms with Gasteiger partial charge in [-0.15, -0.1) is 0 Å². The Morgan fingerprint density at radius 2 is 1.81 bits per heavy atom. The summed E-state index contributed by atoms with van der Waals surface area (Å²) in [6.45, 7) is 2.74. The van der Waals surface area contributed by atoms with Crippen molar-refractivity contribution in [2.75, 3.05) is 13.2 Å². The number of nitrogens with zero attached hydrogens (tertiary/aromatic N) is 2. The van der Waals surface area contributed by atoms with Crippen LogP contribution in [-0.4, -0.2) is 34.8 Å². The number of ether oxygens (including phenoxy) is 1. The van der Waals surface area contributed by atoms with Crippen LogP contribution >= 0.6 is 0 Å². The van der Waals surface area contributed by atoms with Crippen molar-refractivity contribution in [3.05, 3.63) is 66.0 Å². The summed E-state index contributed by atoms with van der Waals surface area (Å²) in [5.41, 5.74) is 4.42. The summed E-state index contributed by atoms with van der Waals surface area (Å²) in [4.78, 5) is 16.4. The van der Waals surface area contributed by atoms with E-state index >= 15 is 0 Å². The number of benzene rings is 2. The Morgan fingerprint density at radius 3 is 2.63 bits per heavy atom. The first-order chi connectivity index (χ1) is 13.3. The minimum atomic E-state index is -0.115. The minimum absolute atomic E-state index is 0.115. The second-order valence-electron chi connectivity index (χ2n) is 6.89. The predicted molar refractivity (Wildman–Crippen MR) is 104 cm³/mol. The largest absolute Gasteiger partial charge is 0.381 e. The highest BCUT2D eigenvalue weighted by Crippen LogP contribution is 2.14. The fourth-order valence-corrected chi connectivity index (χ4v) is 3.36. The summed E-state index contributed by atoms with van der Waals surface area (Å²) >= 11 is 0. The number of rotatable bonds is 5. The van der Waals surface area contributed by atoms with E-state index in [1.165, 1.54) is 5.56 Å². The number of fused-ring (bicyclic) bond motifs is 1. The van der Waals surface area contributed by atoms with Gasteiger partial charge >= 0.3 is 6.03 Å². The molecule has 0 spiro atoms. The Morgan fingerprint density at radius 1 is 1.07 bits per heavy atom. The standard InChI is InChI=1S/C21H24N4O2/c26-21(24-18-9-11-27-12-10-18)22-13-16-5-7-17(8-6-16)14-25-15-23-19-3-1-2-4-20(19)25/h1-8,15,18H,9-14H2,(H2,22,24,26). The van der Waals surface area contributed by atoms with Crippen LogP contribution in [0.3, 0.4) is 0 Å². The van der Waals surface area contributed by atoms with Crippen LogP contribution < -0.4 is 10.6 Å². The van der Waals surface area contributed by atoms with Gasteiger partial charge in [-0.25, -0.2) is 9.78 Å². The van der Waals surface area contributed by atoms with Crippen LogP contribution in [0.25, 0.3) is 11.0 Å². The van der Waals surface area contributed by atoms with Gasteiger partial charge in [0.25, 0.3) is 0 Å². The van der Waals surface area contributed by atoms with Crippen molar-refractivity contribution in [1.82, 2.24) is 20.2 Å². The Kier molecular flexibility index (Phi) is 5.34. The molecule has 2 heterocycles. The lowest BCUT2D eigenvalue weighted by molar-refractivity contribution is 0.0801. The third kappa shape index (κ3) is 4.46. The molecule has 27 heavy (non-hydrogen) atoms. The second kappa shape index (κ2) is 8.22. The van der Waals surface area contributed by atoms with Gasteiger partial charge in [0.1, 0.15) is 0 Å². The number of para-hydroxylation sites is 2. The lowest BCUT2D eigenvalue weighted by Crippen LogP contribution is -2.44. The summed E-state index contributed by atoms with van der Waals surface area (Å²) < 4.78 is 7.45. The molecule has 1 aliphatic rings. The normalized spacial score (nSPS) is 15.0. The minimum Gasteiger partial charge on any atom is -0.381 e. The summed E-state index contributed by atoms with van der Waals surface area (Å²) in [7, 11) is 0. The van der Waals surface area contributed by atoms with E-state index in [9.17, 15) is 4.79 Å². The molecule has 2 amide bonds. The average molecular weight is 364 g/mol. The SMILES string of the molecule is O=C(NCc1ccc(Cn2cnc3ccccc32)cc1)NC1CCOCC1. The zero-order chi connectivity index (χ0) is 18.5. The monoisotopic (exact) mass is 364 g/mol. The maximum absolute atomic E-state index is 12.0. The van der Waals surface area contributed by atoms with Crippen LogP contribution in [0, 0.1) is 0 Å². The first-order valence-electron chi connectivity index (χ1n) is 9.38. The quantitative estimate of drug-likeness (QED) is 0.731. The number of nitrogens with one attached hydrogen (secondary N) is 2. The van der Waals surface area contributed by atoms with Crippen LogP contribution in [0.2, 0.25) is 0 Å². The molecule has 1 fully saturated rings. The molecule has 0 unspecified atom stereocenters. The molecule has 0 atom stereocenters. The predicted octanol–water partition coefficient (Wildman–Crippen LogP) is 3.06. The number of carbonyl (C=O) groups is 1. The van der Waals surface area contributed by atoms with Gasteiger partial charge in [0.05, 0.1) is 17.4 Å². The van der Waals surface area contributed by atoms with Gasteiger partial charge in [-0.05, 0) is 36.1 Å². The van der Waals surface area contributed by atoms with Gasteiger partial charge in [0.15, 0.2) is 0 Å². The fourth-order valence-electron chi connectivity index (χ4n) is 3.36. The molecule has 1 aromatic heterocycles. The molecule has 2 aromatic carbocycles. The Labute approximate surface area is 158 Å². The Bertz CT molecular complexity index is 898. The number of urea groups is 1. The number of hydrogen-bond donors (Lipinski definition) is 2. The average Bonchev–Trinajstić information content (AvgIpc) is 3.11. The number of imidazole rings is 1. The second-order valence-corrected chi connectivity index (χ2v) is 6.89. The van der Waals surface area contributed by atoms with Gasteiger partial charge in [-0.2, -0.15) is 0 Å². The van der Waals surface area contributed by atoms with Crippen molar-refractivity contribution in [2.24, 2.45) is 0 Å². The molecule has 0 aliphatic carbocycles. The number of carbonyl (C=O) groups excluding carboxylic acids is 1. The summed E-state index contributed by atoms with van der Waals surface area (Å²) in [6, 6.07) is 16.5. The molecule has 3 aromatic rings. The van der Waals surface area contributed by atoms with Gasteiger partial charge in [0, 0.05) is 32.3 Å². The van der Waals surface area contributed by atoms with Crippen molar-refractivity contribution in [3.8, 4) is 0 Å². The lowest BCUT2D eigenvalue weighted by Gasteiger charge is -2.23. The summed E-state index contributed by atoms with van der Waals surface area (Å²) in [6.07, 6.45) is 3.64. The molecule has 0 bridgehead atoms. The molecule has 1 aliphatic heterocycles. The molecule has 140 valence electrons. The van der Waals surface area contributed by atoms with Crippen molar-refractivity contribution in [2.45, 2.75) is 32.0 Å². The van der Waals surface area contributed by atoms with Crippen molar-refractivity contribution >= 4 is 17.1 Å². The molecule has 6 nitrogen and oxygen atoms in total. The molecule has 2 N–H and O–H groups in total. The van der Waals surface area contributed by atoms with Crippen LogP contribution in [0.15, 0.2) is 54.9 Å². The summed E-state index contributed by atoms with van der Waals surface area (Å²) in [5, 5.41) is 5.94. The van der Waals surface area contributed by atoms with Crippen LogP contribution in [0.5, 0.6) is 0 Å². The molecule has 0 saturated carbocycles. The molecular formula is C21H24N4O2. The van der Waals surface area contributed by atoms with Gasteiger partial charge in [-0.3, -0.25) is 0 Å². The third-order valence-corrected chi connectivity index (χ3v) is 4.91. The number of amides is 2. The van der Waals surface area contributed by atoms with Crippen molar-refractivity contribution in [1.29, 1.82) is 0 Å². The highest BCUT2D eigenvalue weighted by atomic mass is 16.5. The molecule has 6 heteroatoms. The Hall–Kier alpha value is -2.86. The van der Waals surface area contributed by atoms with Crippen LogP contribution in [0.1, 0.15) is 24.0 Å². The van der Waals surface area contributed by atoms with E-state index in [4.69, 9.17) is 4.74 Å². The first kappa shape index (κ1) is 17.5. The van der Waals surface area contributed by atoms with Crippen molar-refractivity contribution < 1.29 is 9.53 Å². The van der Waals surface area contributed by atoms with Crippen molar-refractivity contribution in [3.63, 3.8) is 0 Å². The Balaban J connectivity index is 1.30. The van der Waals surface area contributed by atoms with Crippen LogP contribution in [0.4, 0.5) is 4.79 Å². The molecule has 0 radical (unpaired) electrons. The smallest absolute Gasteiger partial charge is 0.315 e. The molecular weight excluding hydrogens is 340 g/mol. The maximum atomic E-state index is 12.0. The van der Waals surface area contributed by atoms with Gasteiger partial charge in [0.2, 0.25) is 0 Å². The van der Waals surface area contributed by atoms with Gasteiger partial charge in [-0.1, -0.05) is 36.4 Å².